The van der Waals surface area contributed by atoms with Gasteiger partial charge in [0, 0.05) is 22.9 Å². The first-order valence-corrected chi connectivity index (χ1v) is 8.29. The fourth-order valence-electron chi connectivity index (χ4n) is 2.14. The summed E-state index contributed by atoms with van der Waals surface area (Å²) in [5, 5.41) is 0.848. The number of ether oxygens (including phenoxy) is 1. The Morgan fingerprint density at radius 3 is 2.30 bits per heavy atom. The Labute approximate surface area is 137 Å². The van der Waals surface area contributed by atoms with Gasteiger partial charge in [0.15, 0.2) is 11.6 Å². The highest BCUT2D eigenvalue weighted by atomic mass is 32.2. The number of fused-ring (bicyclic) bond motifs is 1. The van der Waals surface area contributed by atoms with Gasteiger partial charge >= 0.3 is 0 Å². The Balaban J connectivity index is 2.51. The van der Waals surface area contributed by atoms with Gasteiger partial charge < -0.3 is 9.29 Å². The number of rotatable bonds is 4. The van der Waals surface area contributed by atoms with E-state index < -0.39 is 27.7 Å². The molecule has 1 aromatic heterocycles. The summed E-state index contributed by atoms with van der Waals surface area (Å²) in [6.07, 6.45) is 1.52. The molecule has 2 rings (SSSR count). The van der Waals surface area contributed by atoms with Crippen molar-refractivity contribution in [2.75, 3.05) is 7.11 Å². The molecule has 0 aliphatic heterocycles. The summed E-state index contributed by atoms with van der Waals surface area (Å²) >= 11 is -1.30. The second-order valence-electron chi connectivity index (χ2n) is 6.26. The molecule has 1 aromatic carbocycles. The Hall–Kier alpha value is -1.44. The Morgan fingerprint density at radius 1 is 1.22 bits per heavy atom. The van der Waals surface area contributed by atoms with Crippen molar-refractivity contribution in [2.45, 2.75) is 38.5 Å². The van der Waals surface area contributed by atoms with E-state index in [0.29, 0.717) is 16.3 Å². The molecule has 0 aliphatic carbocycles. The molecule has 0 spiro atoms. The zero-order valence-corrected chi connectivity index (χ0v) is 14.6. The molecule has 23 heavy (non-hydrogen) atoms. The first kappa shape index (κ1) is 17.9. The molecule has 1 unspecified atom stereocenters. The zero-order chi connectivity index (χ0) is 17.4. The van der Waals surface area contributed by atoms with Crippen LogP contribution in [0.5, 0.6) is 5.88 Å². The highest BCUT2D eigenvalue weighted by molar-refractivity contribution is 7.90. The molecule has 2 aromatic rings. The van der Waals surface area contributed by atoms with E-state index in [1.165, 1.54) is 13.3 Å². The standard InChI is InChI=1S/C16H20F2N2O2S/c1-9(20-23(21)16(2,3)4)12-8-19-15(22-5)11-7-14(18)13(17)6-10(11)12/h6-9,20H,1-5H3/t9?,23-/m0/s1. The fraction of sp³-hybridized carbons (Fsp3) is 0.438. The van der Waals surface area contributed by atoms with Crippen LogP contribution in [0.25, 0.3) is 10.8 Å². The van der Waals surface area contributed by atoms with Crippen molar-refractivity contribution in [1.82, 2.24) is 9.71 Å². The average molecular weight is 342 g/mol. The van der Waals surface area contributed by atoms with Gasteiger partial charge in [0.25, 0.3) is 0 Å². The molecule has 0 radical (unpaired) electrons. The number of aromatic nitrogens is 1. The maximum atomic E-state index is 13.7. The van der Waals surface area contributed by atoms with Crippen LogP contribution in [0.2, 0.25) is 0 Å². The van der Waals surface area contributed by atoms with Crippen LogP contribution in [0, 0.1) is 11.6 Å². The number of pyridine rings is 1. The summed E-state index contributed by atoms with van der Waals surface area (Å²) < 4.78 is 47.1. The van der Waals surface area contributed by atoms with Crippen molar-refractivity contribution >= 4 is 22.1 Å². The van der Waals surface area contributed by atoms with Gasteiger partial charge in [0.1, 0.15) is 4.75 Å². The van der Waals surface area contributed by atoms with E-state index in [2.05, 4.69) is 9.71 Å². The molecule has 0 saturated carbocycles. The molecule has 1 N–H and O–H groups in total. The van der Waals surface area contributed by atoms with Crippen molar-refractivity contribution < 1.29 is 18.1 Å². The average Bonchev–Trinajstić information content (AvgIpc) is 2.46. The van der Waals surface area contributed by atoms with Crippen molar-refractivity contribution in [2.24, 2.45) is 0 Å². The van der Waals surface area contributed by atoms with Crippen LogP contribution in [-0.4, -0.2) is 21.4 Å². The second kappa shape index (κ2) is 6.59. The smallest absolute Gasteiger partial charge is 0.221 e. The molecule has 2 atom stereocenters. The molecular weight excluding hydrogens is 322 g/mol. The van der Waals surface area contributed by atoms with Gasteiger partial charge in [-0.1, -0.05) is 0 Å². The van der Waals surface area contributed by atoms with E-state index >= 15 is 0 Å². The first-order chi connectivity index (χ1) is 10.6. The Bertz CT molecular complexity index is 719. The van der Waals surface area contributed by atoms with Crippen LogP contribution in [0.1, 0.15) is 39.3 Å². The lowest BCUT2D eigenvalue weighted by Crippen LogP contribution is -2.40. The lowest BCUT2D eigenvalue weighted by atomic mass is 10.0. The number of halogens is 2. The minimum absolute atomic E-state index is 0.215. The van der Waals surface area contributed by atoms with Crippen LogP contribution in [-0.2, 0) is 11.4 Å². The number of nitrogens with zero attached hydrogens (tertiary/aromatic N) is 1. The van der Waals surface area contributed by atoms with Crippen molar-refractivity contribution in [3.05, 3.63) is 35.5 Å². The van der Waals surface area contributed by atoms with E-state index in [1.807, 2.05) is 20.8 Å². The zero-order valence-electron chi connectivity index (χ0n) is 13.7. The summed E-state index contributed by atoms with van der Waals surface area (Å²) in [4.78, 5) is 4.14. The molecule has 7 heteroatoms. The summed E-state index contributed by atoms with van der Waals surface area (Å²) in [6, 6.07) is 1.82. The number of methoxy groups -OCH3 is 1. The number of hydrogen-bond acceptors (Lipinski definition) is 4. The summed E-state index contributed by atoms with van der Waals surface area (Å²) in [7, 11) is 1.42. The minimum atomic E-state index is -1.30. The van der Waals surface area contributed by atoms with Gasteiger partial charge in [0.05, 0.1) is 13.2 Å². The Morgan fingerprint density at radius 2 is 1.78 bits per heavy atom. The van der Waals surface area contributed by atoms with Crippen LogP contribution >= 0.6 is 0 Å². The third kappa shape index (κ3) is 3.73. The minimum Gasteiger partial charge on any atom is -0.598 e. The summed E-state index contributed by atoms with van der Waals surface area (Å²) in [5.41, 5.74) is 0.622. The SMILES string of the molecule is COc1ncc(C(C)N[S@@+]([O-])C(C)(C)C)c2cc(F)c(F)cc12. The molecule has 0 amide bonds. The van der Waals surface area contributed by atoms with Crippen molar-refractivity contribution in [3.63, 3.8) is 0 Å². The van der Waals surface area contributed by atoms with Crippen LogP contribution in [0.3, 0.4) is 0 Å². The quantitative estimate of drug-likeness (QED) is 0.862. The number of nitrogens with one attached hydrogen (secondary N) is 1. The molecule has 1 heterocycles. The summed E-state index contributed by atoms with van der Waals surface area (Å²) in [6.45, 7) is 7.35. The number of benzene rings is 1. The van der Waals surface area contributed by atoms with Gasteiger partial charge in [-0.2, -0.15) is 0 Å². The monoisotopic (exact) mass is 342 g/mol. The molecule has 0 aliphatic rings. The van der Waals surface area contributed by atoms with Gasteiger partial charge in [-0.15, -0.1) is 4.72 Å². The largest absolute Gasteiger partial charge is 0.598 e. The topological polar surface area (TPSA) is 57.2 Å². The maximum Gasteiger partial charge on any atom is 0.221 e. The van der Waals surface area contributed by atoms with Crippen molar-refractivity contribution in [3.8, 4) is 5.88 Å². The van der Waals surface area contributed by atoms with Gasteiger partial charge in [-0.05, 0) is 50.8 Å². The number of hydrogen-bond donors (Lipinski definition) is 1. The molecule has 0 saturated heterocycles. The van der Waals surface area contributed by atoms with Crippen molar-refractivity contribution in [1.29, 1.82) is 0 Å². The third-order valence-electron chi connectivity index (χ3n) is 3.42. The Kier molecular flexibility index (Phi) is 5.13. The first-order valence-electron chi connectivity index (χ1n) is 7.15. The fourth-order valence-corrected chi connectivity index (χ4v) is 2.94. The van der Waals surface area contributed by atoms with E-state index in [0.717, 1.165) is 12.1 Å². The normalized spacial score (nSPS) is 14.8. The third-order valence-corrected chi connectivity index (χ3v) is 5.10. The van der Waals surface area contributed by atoms with E-state index in [4.69, 9.17) is 4.74 Å². The predicted molar refractivity (Wildman–Crippen MR) is 87.7 cm³/mol. The second-order valence-corrected chi connectivity index (χ2v) is 8.25. The highest BCUT2D eigenvalue weighted by Gasteiger charge is 2.29. The highest BCUT2D eigenvalue weighted by Crippen LogP contribution is 2.32. The maximum absolute atomic E-state index is 13.7. The molecule has 126 valence electrons. The molecule has 0 fully saturated rings. The van der Waals surface area contributed by atoms with Crippen LogP contribution < -0.4 is 9.46 Å². The van der Waals surface area contributed by atoms with Gasteiger partial charge in [-0.25, -0.2) is 13.8 Å². The molecule has 4 nitrogen and oxygen atoms in total. The molecule has 0 bridgehead atoms. The van der Waals surface area contributed by atoms with Gasteiger partial charge in [-0.3, -0.25) is 0 Å². The molecular formula is C16H20F2N2O2S. The predicted octanol–water partition coefficient (Wildman–Crippen LogP) is 3.63. The summed E-state index contributed by atoms with van der Waals surface area (Å²) in [5.74, 6) is -1.70. The lowest BCUT2D eigenvalue weighted by molar-refractivity contribution is 0.402. The van der Waals surface area contributed by atoms with Crippen LogP contribution in [0.15, 0.2) is 18.3 Å². The van der Waals surface area contributed by atoms with Crippen LogP contribution in [0.4, 0.5) is 8.78 Å². The van der Waals surface area contributed by atoms with E-state index in [9.17, 15) is 13.3 Å². The van der Waals surface area contributed by atoms with E-state index in [1.54, 1.807) is 6.92 Å². The van der Waals surface area contributed by atoms with Gasteiger partial charge in [0.2, 0.25) is 5.88 Å². The lowest BCUT2D eigenvalue weighted by Gasteiger charge is -2.27. The van der Waals surface area contributed by atoms with E-state index in [-0.39, 0.29) is 11.9 Å².